The predicted molar refractivity (Wildman–Crippen MR) is 68.4 cm³/mol. The Balaban J connectivity index is 1.97. The van der Waals surface area contributed by atoms with Crippen LogP contribution in [0.3, 0.4) is 0 Å². The van der Waals surface area contributed by atoms with Gasteiger partial charge in [0.15, 0.2) is 5.76 Å². The van der Waals surface area contributed by atoms with Gasteiger partial charge in [0.2, 0.25) is 0 Å². The minimum Gasteiger partial charge on any atom is -0.360 e. The van der Waals surface area contributed by atoms with E-state index in [1.165, 1.54) is 0 Å². The molecule has 0 aliphatic heterocycles. The molecule has 2 aromatic heterocycles. The van der Waals surface area contributed by atoms with Gasteiger partial charge in [-0.25, -0.2) is 0 Å². The van der Waals surface area contributed by atoms with Crippen LogP contribution in [0.1, 0.15) is 24.1 Å². The largest absolute Gasteiger partial charge is 0.360 e. The first-order valence-electron chi connectivity index (χ1n) is 6.08. The van der Waals surface area contributed by atoms with Gasteiger partial charge in [-0.05, 0) is 18.7 Å². The fourth-order valence-electron chi connectivity index (χ4n) is 1.75. The molecule has 0 saturated carbocycles. The number of hydrogen-bond acceptors (Lipinski definition) is 5. The van der Waals surface area contributed by atoms with Crippen LogP contribution in [-0.4, -0.2) is 21.6 Å². The molecule has 5 nitrogen and oxygen atoms in total. The fraction of sp³-hybridized carbons (Fsp3) is 0.385. The highest BCUT2D eigenvalue weighted by atomic mass is 16.5. The summed E-state index contributed by atoms with van der Waals surface area (Å²) in [7, 11) is 0. The molecule has 5 heteroatoms. The molecule has 2 rings (SSSR count). The van der Waals surface area contributed by atoms with E-state index in [4.69, 9.17) is 10.3 Å². The molecule has 18 heavy (non-hydrogen) atoms. The third-order valence-corrected chi connectivity index (χ3v) is 2.76. The van der Waals surface area contributed by atoms with E-state index in [-0.39, 0.29) is 0 Å². The average Bonchev–Trinajstić information content (AvgIpc) is 2.87. The minimum atomic E-state index is 0.413. The van der Waals surface area contributed by atoms with Crippen molar-refractivity contribution in [3.63, 3.8) is 0 Å². The van der Waals surface area contributed by atoms with Crippen LogP contribution in [0.25, 0.3) is 0 Å². The standard InChI is InChI=1S/C13H18N4O/c1-2-17(9-11-5-3-4-6-15-11)10-13-7-12(8-14)16-18-13/h3-7H,2,8-10,14H2,1H3. The van der Waals surface area contributed by atoms with Gasteiger partial charge in [0.25, 0.3) is 0 Å². The normalized spacial score (nSPS) is 11.1. The molecule has 0 aromatic carbocycles. The molecule has 0 atom stereocenters. The summed E-state index contributed by atoms with van der Waals surface area (Å²) in [6, 6.07) is 7.84. The van der Waals surface area contributed by atoms with Crippen molar-refractivity contribution < 1.29 is 4.52 Å². The first-order chi connectivity index (χ1) is 8.81. The van der Waals surface area contributed by atoms with Gasteiger partial charge in [0, 0.05) is 25.4 Å². The summed E-state index contributed by atoms with van der Waals surface area (Å²) in [6.45, 7) is 4.98. The Morgan fingerprint density at radius 3 is 2.78 bits per heavy atom. The lowest BCUT2D eigenvalue weighted by Crippen LogP contribution is -2.22. The van der Waals surface area contributed by atoms with Crippen molar-refractivity contribution in [3.05, 3.63) is 47.6 Å². The molecule has 2 aromatic rings. The lowest BCUT2D eigenvalue weighted by molar-refractivity contribution is 0.231. The van der Waals surface area contributed by atoms with E-state index in [9.17, 15) is 0 Å². The van der Waals surface area contributed by atoms with E-state index >= 15 is 0 Å². The second-order valence-corrected chi connectivity index (χ2v) is 4.11. The maximum Gasteiger partial charge on any atom is 0.151 e. The van der Waals surface area contributed by atoms with Crippen LogP contribution in [0.5, 0.6) is 0 Å². The Hall–Kier alpha value is -1.72. The second-order valence-electron chi connectivity index (χ2n) is 4.11. The lowest BCUT2D eigenvalue weighted by atomic mass is 10.3. The minimum absolute atomic E-state index is 0.413. The van der Waals surface area contributed by atoms with Crippen molar-refractivity contribution in [2.24, 2.45) is 5.73 Å². The predicted octanol–water partition coefficient (Wildman–Crippen LogP) is 1.55. The molecule has 0 radical (unpaired) electrons. The molecular weight excluding hydrogens is 228 g/mol. The van der Waals surface area contributed by atoms with Gasteiger partial charge in [-0.2, -0.15) is 0 Å². The summed E-state index contributed by atoms with van der Waals surface area (Å²) in [4.78, 5) is 6.56. The van der Waals surface area contributed by atoms with Gasteiger partial charge in [0.1, 0.15) is 0 Å². The maximum absolute atomic E-state index is 5.50. The van der Waals surface area contributed by atoms with Crippen LogP contribution in [0.15, 0.2) is 35.0 Å². The topological polar surface area (TPSA) is 68.2 Å². The summed E-state index contributed by atoms with van der Waals surface area (Å²) in [5.41, 5.74) is 7.35. The fourth-order valence-corrected chi connectivity index (χ4v) is 1.75. The highest BCUT2D eigenvalue weighted by Gasteiger charge is 2.09. The number of pyridine rings is 1. The Morgan fingerprint density at radius 2 is 2.17 bits per heavy atom. The third kappa shape index (κ3) is 3.38. The molecule has 0 saturated heterocycles. The number of rotatable bonds is 6. The zero-order valence-electron chi connectivity index (χ0n) is 10.5. The van der Waals surface area contributed by atoms with Crippen molar-refractivity contribution in [3.8, 4) is 0 Å². The Morgan fingerprint density at radius 1 is 1.28 bits per heavy atom. The van der Waals surface area contributed by atoms with Gasteiger partial charge in [-0.15, -0.1) is 0 Å². The summed E-state index contributed by atoms with van der Waals surface area (Å²) >= 11 is 0. The van der Waals surface area contributed by atoms with Crippen LogP contribution >= 0.6 is 0 Å². The van der Waals surface area contributed by atoms with E-state index in [2.05, 4.69) is 22.0 Å². The monoisotopic (exact) mass is 246 g/mol. The lowest BCUT2D eigenvalue weighted by Gasteiger charge is -2.17. The molecule has 0 unspecified atom stereocenters. The summed E-state index contributed by atoms with van der Waals surface area (Å²) in [5, 5.41) is 3.89. The van der Waals surface area contributed by atoms with Crippen molar-refractivity contribution in [2.75, 3.05) is 6.54 Å². The zero-order valence-corrected chi connectivity index (χ0v) is 10.5. The number of hydrogen-bond donors (Lipinski definition) is 1. The molecule has 2 N–H and O–H groups in total. The van der Waals surface area contributed by atoms with Crippen LogP contribution in [0.4, 0.5) is 0 Å². The maximum atomic E-state index is 5.50. The Bertz CT molecular complexity index is 469. The summed E-state index contributed by atoms with van der Waals surface area (Å²) in [6.07, 6.45) is 1.81. The van der Waals surface area contributed by atoms with Gasteiger partial charge in [0.05, 0.1) is 17.9 Å². The number of nitrogens with zero attached hydrogens (tertiary/aromatic N) is 3. The van der Waals surface area contributed by atoms with Crippen LogP contribution in [0, 0.1) is 0 Å². The summed E-state index contributed by atoms with van der Waals surface area (Å²) in [5.74, 6) is 0.841. The molecule has 96 valence electrons. The van der Waals surface area contributed by atoms with Crippen molar-refractivity contribution >= 4 is 0 Å². The molecule has 0 bridgehead atoms. The van der Waals surface area contributed by atoms with Gasteiger partial charge in [-0.3, -0.25) is 9.88 Å². The van der Waals surface area contributed by atoms with Gasteiger partial charge in [-0.1, -0.05) is 18.1 Å². The van der Waals surface area contributed by atoms with Gasteiger partial charge < -0.3 is 10.3 Å². The number of nitrogens with two attached hydrogens (primary N) is 1. The van der Waals surface area contributed by atoms with Crippen LogP contribution < -0.4 is 5.73 Å². The number of aromatic nitrogens is 2. The molecular formula is C13H18N4O. The molecule has 2 heterocycles. The second kappa shape index (κ2) is 6.28. The van der Waals surface area contributed by atoms with Crippen molar-refractivity contribution in [1.82, 2.24) is 15.0 Å². The Labute approximate surface area is 107 Å². The van der Waals surface area contributed by atoms with Crippen LogP contribution in [0.2, 0.25) is 0 Å². The average molecular weight is 246 g/mol. The molecule has 0 aliphatic carbocycles. The van der Waals surface area contributed by atoms with Crippen molar-refractivity contribution in [2.45, 2.75) is 26.6 Å². The van der Waals surface area contributed by atoms with Crippen molar-refractivity contribution in [1.29, 1.82) is 0 Å². The molecule has 0 fully saturated rings. The zero-order chi connectivity index (χ0) is 12.8. The smallest absolute Gasteiger partial charge is 0.151 e. The highest BCUT2D eigenvalue weighted by molar-refractivity contribution is 5.06. The first kappa shape index (κ1) is 12.7. The van der Waals surface area contributed by atoms with Crippen LogP contribution in [-0.2, 0) is 19.6 Å². The Kier molecular flexibility index (Phi) is 4.44. The van der Waals surface area contributed by atoms with E-state index in [1.807, 2.05) is 30.5 Å². The SMILES string of the molecule is CCN(Cc1ccccn1)Cc1cc(CN)no1. The summed E-state index contributed by atoms with van der Waals surface area (Å²) < 4.78 is 5.23. The van der Waals surface area contributed by atoms with E-state index < -0.39 is 0 Å². The first-order valence-corrected chi connectivity index (χ1v) is 6.08. The van der Waals surface area contributed by atoms with Gasteiger partial charge >= 0.3 is 0 Å². The van der Waals surface area contributed by atoms with E-state index in [0.29, 0.717) is 6.54 Å². The quantitative estimate of drug-likeness (QED) is 0.837. The van der Waals surface area contributed by atoms with E-state index in [0.717, 1.165) is 36.8 Å². The van der Waals surface area contributed by atoms with E-state index in [1.54, 1.807) is 0 Å². The molecule has 0 spiro atoms. The molecule has 0 aliphatic rings. The highest BCUT2D eigenvalue weighted by Crippen LogP contribution is 2.09. The molecule has 0 amide bonds. The third-order valence-electron chi connectivity index (χ3n) is 2.76.